The second kappa shape index (κ2) is 9.51. The molecule has 0 bridgehead atoms. The van der Waals surface area contributed by atoms with E-state index in [9.17, 15) is 0 Å². The number of allylic oxidation sites excluding steroid dienone is 5. The zero-order valence-electron chi connectivity index (χ0n) is 14.0. The molecule has 114 valence electrons. The van der Waals surface area contributed by atoms with Crippen LogP contribution in [-0.4, -0.2) is 4.98 Å². The third-order valence-electron chi connectivity index (χ3n) is 3.08. The lowest BCUT2D eigenvalue weighted by atomic mass is 10.0. The Kier molecular flexibility index (Phi) is 7.63. The zero-order valence-corrected chi connectivity index (χ0v) is 14.0. The van der Waals surface area contributed by atoms with Crippen molar-refractivity contribution in [2.75, 3.05) is 0 Å². The monoisotopic (exact) mass is 291 g/mol. The van der Waals surface area contributed by atoms with Crippen molar-refractivity contribution in [2.24, 2.45) is 0 Å². The number of aryl methyl sites for hydroxylation is 1. The molecule has 0 aliphatic carbocycles. The van der Waals surface area contributed by atoms with Crippen LogP contribution in [0.2, 0.25) is 0 Å². The first-order valence-corrected chi connectivity index (χ1v) is 7.74. The second-order valence-electron chi connectivity index (χ2n) is 4.59. The molecular weight excluding hydrogens is 266 g/mol. The molecule has 1 heterocycles. The van der Waals surface area contributed by atoms with E-state index in [0.29, 0.717) is 0 Å². The molecule has 0 saturated carbocycles. The summed E-state index contributed by atoms with van der Waals surface area (Å²) in [6, 6.07) is 14.5. The Morgan fingerprint density at radius 3 is 2.36 bits per heavy atom. The predicted octanol–water partition coefficient (Wildman–Crippen LogP) is 6.23. The van der Waals surface area contributed by atoms with Crippen LogP contribution in [0.3, 0.4) is 0 Å². The van der Waals surface area contributed by atoms with E-state index < -0.39 is 0 Å². The number of hydrogen-bond donors (Lipinski definition) is 0. The molecule has 22 heavy (non-hydrogen) atoms. The van der Waals surface area contributed by atoms with Crippen molar-refractivity contribution in [3.63, 3.8) is 0 Å². The van der Waals surface area contributed by atoms with Crippen molar-refractivity contribution < 1.29 is 0 Å². The summed E-state index contributed by atoms with van der Waals surface area (Å²) in [6.45, 7) is 11.8. The first kappa shape index (κ1) is 17.6. The van der Waals surface area contributed by atoms with Gasteiger partial charge in [0.1, 0.15) is 0 Å². The summed E-state index contributed by atoms with van der Waals surface area (Å²) in [5.74, 6) is 0. The molecule has 0 amide bonds. The van der Waals surface area contributed by atoms with Crippen LogP contribution in [0, 0.1) is 6.92 Å². The number of nitrogens with zero attached hydrogens (tertiary/aromatic N) is 1. The predicted molar refractivity (Wildman–Crippen MR) is 98.7 cm³/mol. The molecule has 0 fully saturated rings. The first-order chi connectivity index (χ1) is 10.7. The van der Waals surface area contributed by atoms with Gasteiger partial charge in [0.25, 0.3) is 0 Å². The normalized spacial score (nSPS) is 11.0. The molecule has 1 nitrogen and oxygen atoms in total. The van der Waals surface area contributed by atoms with Crippen LogP contribution in [0.4, 0.5) is 0 Å². The highest BCUT2D eigenvalue weighted by molar-refractivity contribution is 5.77. The average Bonchev–Trinajstić information content (AvgIpc) is 2.58. The largest absolute Gasteiger partial charge is 0.253 e. The fraction of sp³-hybridized carbons (Fsp3) is 0.190. The van der Waals surface area contributed by atoms with E-state index in [2.05, 4.69) is 48.0 Å². The van der Waals surface area contributed by atoms with E-state index in [-0.39, 0.29) is 0 Å². The second-order valence-corrected chi connectivity index (χ2v) is 4.59. The van der Waals surface area contributed by atoms with Gasteiger partial charge in [-0.3, -0.25) is 4.98 Å². The lowest BCUT2D eigenvalue weighted by Crippen LogP contribution is -1.91. The summed E-state index contributed by atoms with van der Waals surface area (Å²) in [6.07, 6.45) is 7.91. The summed E-state index contributed by atoms with van der Waals surface area (Å²) < 4.78 is 0. The van der Waals surface area contributed by atoms with Crippen molar-refractivity contribution in [3.05, 3.63) is 84.6 Å². The minimum absolute atomic E-state index is 1.01. The molecular formula is C21H25N. The van der Waals surface area contributed by atoms with Gasteiger partial charge in [0.2, 0.25) is 0 Å². The van der Waals surface area contributed by atoms with E-state index >= 15 is 0 Å². The van der Waals surface area contributed by atoms with Crippen LogP contribution in [0.15, 0.2) is 73.3 Å². The minimum atomic E-state index is 1.01. The fourth-order valence-corrected chi connectivity index (χ4v) is 2.12. The maximum absolute atomic E-state index is 4.63. The summed E-state index contributed by atoms with van der Waals surface area (Å²) in [7, 11) is 0. The number of rotatable bonds is 4. The molecule has 2 rings (SSSR count). The fourth-order valence-electron chi connectivity index (χ4n) is 2.12. The van der Waals surface area contributed by atoms with Gasteiger partial charge in [0.05, 0.1) is 5.69 Å². The zero-order chi connectivity index (χ0) is 16.4. The Labute approximate surface area is 134 Å². The first-order valence-electron chi connectivity index (χ1n) is 7.74. The van der Waals surface area contributed by atoms with Crippen molar-refractivity contribution >= 4 is 5.57 Å². The number of pyridine rings is 1. The molecule has 0 saturated heterocycles. The van der Waals surface area contributed by atoms with Gasteiger partial charge in [-0.25, -0.2) is 0 Å². The molecule has 1 aromatic carbocycles. The Morgan fingerprint density at radius 2 is 1.77 bits per heavy atom. The van der Waals surface area contributed by atoms with Gasteiger partial charge in [0, 0.05) is 11.3 Å². The lowest BCUT2D eigenvalue weighted by molar-refractivity contribution is 1.20. The van der Waals surface area contributed by atoms with Crippen LogP contribution < -0.4 is 0 Å². The third-order valence-corrected chi connectivity index (χ3v) is 3.08. The topological polar surface area (TPSA) is 12.9 Å². The quantitative estimate of drug-likeness (QED) is 0.608. The molecule has 1 aromatic heterocycles. The van der Waals surface area contributed by atoms with Crippen molar-refractivity contribution in [3.8, 4) is 11.3 Å². The Morgan fingerprint density at radius 1 is 1.09 bits per heavy atom. The molecule has 0 spiro atoms. The highest BCUT2D eigenvalue weighted by Gasteiger charge is 2.04. The van der Waals surface area contributed by atoms with Gasteiger partial charge in [-0.15, -0.1) is 0 Å². The summed E-state index contributed by atoms with van der Waals surface area (Å²) in [4.78, 5) is 4.63. The highest BCUT2D eigenvalue weighted by atomic mass is 14.7. The molecule has 0 atom stereocenters. The van der Waals surface area contributed by atoms with Gasteiger partial charge >= 0.3 is 0 Å². The maximum atomic E-state index is 4.63. The van der Waals surface area contributed by atoms with Crippen LogP contribution in [-0.2, 0) is 0 Å². The maximum Gasteiger partial charge on any atom is 0.0711 e. The van der Waals surface area contributed by atoms with E-state index in [1.54, 1.807) is 6.08 Å². The molecule has 0 aliphatic heterocycles. The minimum Gasteiger partial charge on any atom is -0.253 e. The van der Waals surface area contributed by atoms with Crippen molar-refractivity contribution in [2.45, 2.75) is 27.7 Å². The van der Waals surface area contributed by atoms with E-state index in [0.717, 1.165) is 17.0 Å². The molecule has 0 radical (unpaired) electrons. The Balaban J connectivity index is 0.00000116. The van der Waals surface area contributed by atoms with E-state index in [1.807, 2.05) is 52.0 Å². The van der Waals surface area contributed by atoms with Crippen LogP contribution >= 0.6 is 0 Å². The van der Waals surface area contributed by atoms with Crippen LogP contribution in [0.5, 0.6) is 0 Å². The van der Waals surface area contributed by atoms with Gasteiger partial charge < -0.3 is 0 Å². The summed E-state index contributed by atoms with van der Waals surface area (Å²) in [5, 5.41) is 0. The molecule has 2 aromatic rings. The molecule has 0 aliphatic rings. The number of hydrogen-bond acceptors (Lipinski definition) is 1. The Bertz CT molecular complexity index is 649. The van der Waals surface area contributed by atoms with Crippen molar-refractivity contribution in [1.82, 2.24) is 4.98 Å². The summed E-state index contributed by atoms with van der Waals surface area (Å²) >= 11 is 0. The molecule has 0 N–H and O–H groups in total. The molecule has 1 heteroatoms. The smallest absolute Gasteiger partial charge is 0.0711 e. The van der Waals surface area contributed by atoms with E-state index in [1.165, 1.54) is 11.1 Å². The van der Waals surface area contributed by atoms with Gasteiger partial charge in [-0.2, -0.15) is 0 Å². The number of aromatic nitrogens is 1. The van der Waals surface area contributed by atoms with Gasteiger partial charge in [0.15, 0.2) is 0 Å². The third kappa shape index (κ3) is 4.85. The van der Waals surface area contributed by atoms with Crippen LogP contribution in [0.1, 0.15) is 32.0 Å². The van der Waals surface area contributed by atoms with Crippen LogP contribution in [0.25, 0.3) is 16.8 Å². The standard InChI is InChI=1S/C19H19N.C2H6/c1-4-6-10-16(5-2)18-13-15(3)20-19(14-18)17-11-8-7-9-12-17;1-2/h4-14H,1H2,2-3H3;1-2H3/b10-6-,16-5+;. The number of benzene rings is 1. The molecule has 0 unspecified atom stereocenters. The summed E-state index contributed by atoms with van der Waals surface area (Å²) in [5.41, 5.74) is 5.52. The average molecular weight is 291 g/mol. The van der Waals surface area contributed by atoms with Gasteiger partial charge in [-0.1, -0.05) is 75.1 Å². The van der Waals surface area contributed by atoms with Crippen molar-refractivity contribution in [1.29, 1.82) is 0 Å². The van der Waals surface area contributed by atoms with E-state index in [4.69, 9.17) is 0 Å². The van der Waals surface area contributed by atoms with Gasteiger partial charge in [-0.05, 0) is 37.1 Å². The lowest BCUT2D eigenvalue weighted by Gasteiger charge is -2.08. The highest BCUT2D eigenvalue weighted by Crippen LogP contribution is 2.23. The Hall–Kier alpha value is -2.41. The SMILES string of the molecule is C=C/C=C\C(=C/C)c1cc(C)nc(-c2ccccc2)c1.CC.